The van der Waals surface area contributed by atoms with Crippen molar-refractivity contribution in [3.8, 4) is 0 Å². The minimum absolute atomic E-state index is 0. The van der Waals surface area contributed by atoms with E-state index >= 15 is 0 Å². The van der Waals surface area contributed by atoms with E-state index in [9.17, 15) is 9.18 Å². The van der Waals surface area contributed by atoms with Gasteiger partial charge in [0.15, 0.2) is 5.69 Å². The fourth-order valence-corrected chi connectivity index (χ4v) is 2.55. The van der Waals surface area contributed by atoms with E-state index in [4.69, 9.17) is 0 Å². The van der Waals surface area contributed by atoms with Gasteiger partial charge in [0.2, 0.25) is 0 Å². The smallest absolute Gasteiger partial charge is 0.273 e. The Morgan fingerprint density at radius 2 is 2.17 bits per heavy atom. The maximum atomic E-state index is 13.1. The lowest BCUT2D eigenvalue weighted by atomic mass is 10.1. The van der Waals surface area contributed by atoms with Crippen molar-refractivity contribution in [2.45, 2.75) is 25.4 Å². The maximum absolute atomic E-state index is 13.1. The summed E-state index contributed by atoms with van der Waals surface area (Å²) in [5, 5.41) is 14.0. The van der Waals surface area contributed by atoms with E-state index in [0.717, 1.165) is 25.9 Å². The summed E-state index contributed by atoms with van der Waals surface area (Å²) in [4.78, 5) is 12.1. The molecule has 0 radical (unpaired) electrons. The van der Waals surface area contributed by atoms with Crippen LogP contribution in [0.5, 0.6) is 0 Å². The predicted molar refractivity (Wildman–Crippen MR) is 86.0 cm³/mol. The molecule has 6 nitrogen and oxygen atoms in total. The highest BCUT2D eigenvalue weighted by molar-refractivity contribution is 5.91. The number of rotatable bonds is 4. The van der Waals surface area contributed by atoms with Gasteiger partial charge >= 0.3 is 0 Å². The fraction of sp³-hybridized carbons (Fsp3) is 0.400. The third-order valence-electron chi connectivity index (χ3n) is 3.77. The first-order valence-electron chi connectivity index (χ1n) is 7.37. The van der Waals surface area contributed by atoms with E-state index in [1.807, 2.05) is 0 Å². The molecule has 8 heteroatoms. The van der Waals surface area contributed by atoms with Crippen molar-refractivity contribution in [3.63, 3.8) is 0 Å². The third-order valence-corrected chi connectivity index (χ3v) is 3.77. The normalized spacial score (nSPS) is 15.0. The zero-order chi connectivity index (χ0) is 15.4. The highest BCUT2D eigenvalue weighted by Gasteiger charge is 2.18. The van der Waals surface area contributed by atoms with E-state index in [1.54, 1.807) is 23.0 Å². The van der Waals surface area contributed by atoms with Crippen LogP contribution in [-0.2, 0) is 6.54 Å². The van der Waals surface area contributed by atoms with Gasteiger partial charge in [-0.15, -0.1) is 17.5 Å². The number of carbonyl (C=O) groups is 1. The van der Waals surface area contributed by atoms with Crippen molar-refractivity contribution in [1.29, 1.82) is 0 Å². The number of hydrogen-bond acceptors (Lipinski definition) is 4. The Balaban J connectivity index is 0.00000192. The summed E-state index contributed by atoms with van der Waals surface area (Å²) in [6.07, 6.45) is 3.64. The van der Waals surface area contributed by atoms with E-state index in [0.29, 0.717) is 11.6 Å². The Morgan fingerprint density at radius 3 is 2.91 bits per heavy atom. The molecule has 2 heterocycles. The Bertz CT molecular complexity index is 657. The molecule has 0 atom stereocenters. The van der Waals surface area contributed by atoms with Gasteiger partial charge in [0, 0.05) is 6.54 Å². The summed E-state index contributed by atoms with van der Waals surface area (Å²) in [7, 11) is 0. The van der Waals surface area contributed by atoms with Gasteiger partial charge in [-0.1, -0.05) is 17.3 Å². The number of benzene rings is 1. The lowest BCUT2D eigenvalue weighted by Gasteiger charge is -2.22. The highest BCUT2D eigenvalue weighted by atomic mass is 35.5. The van der Waals surface area contributed by atoms with Crippen molar-refractivity contribution >= 4 is 18.3 Å². The van der Waals surface area contributed by atoms with E-state index in [-0.39, 0.29) is 36.4 Å². The lowest BCUT2D eigenvalue weighted by molar-refractivity contribution is 0.0945. The van der Waals surface area contributed by atoms with Gasteiger partial charge < -0.3 is 10.6 Å². The lowest BCUT2D eigenvalue weighted by Crippen LogP contribution is -2.29. The molecular weight excluding hydrogens is 321 g/mol. The quantitative estimate of drug-likeness (QED) is 0.889. The Hall–Kier alpha value is -1.99. The number of hydrogen-bond donors (Lipinski definition) is 2. The number of nitrogens with one attached hydrogen (secondary N) is 2. The van der Waals surface area contributed by atoms with Crippen molar-refractivity contribution in [3.05, 3.63) is 47.5 Å². The number of amides is 1. The molecule has 3 rings (SSSR count). The molecule has 0 aliphatic carbocycles. The van der Waals surface area contributed by atoms with Crippen LogP contribution in [0.15, 0.2) is 30.5 Å². The van der Waals surface area contributed by atoms with Crippen LogP contribution in [0.4, 0.5) is 4.39 Å². The van der Waals surface area contributed by atoms with Crippen molar-refractivity contribution in [1.82, 2.24) is 25.6 Å². The minimum Gasteiger partial charge on any atom is -0.347 e. The molecule has 0 bridgehead atoms. The molecule has 1 aliphatic heterocycles. The largest absolute Gasteiger partial charge is 0.347 e. The van der Waals surface area contributed by atoms with E-state index in [2.05, 4.69) is 20.9 Å². The van der Waals surface area contributed by atoms with Gasteiger partial charge in [0.1, 0.15) is 5.82 Å². The predicted octanol–water partition coefficient (Wildman–Crippen LogP) is 1.69. The van der Waals surface area contributed by atoms with Crippen LogP contribution < -0.4 is 10.6 Å². The standard InChI is InChI=1S/C15H18FN5O.ClH/c16-12-3-1-2-11(8-12)9-18-15(22)14-10-21(20-19-14)13-4-6-17-7-5-13;/h1-3,8,10,13,17H,4-7,9H2,(H,18,22);1H. The average Bonchev–Trinajstić information content (AvgIpc) is 3.04. The number of carbonyl (C=O) groups excluding carboxylic acids is 1. The minimum atomic E-state index is -0.316. The summed E-state index contributed by atoms with van der Waals surface area (Å²) < 4.78 is 14.8. The second-order valence-electron chi connectivity index (χ2n) is 5.38. The summed E-state index contributed by atoms with van der Waals surface area (Å²) in [6.45, 7) is 2.16. The van der Waals surface area contributed by atoms with Crippen LogP contribution in [0.25, 0.3) is 0 Å². The van der Waals surface area contributed by atoms with Crippen LogP contribution in [0.2, 0.25) is 0 Å². The van der Waals surface area contributed by atoms with Crippen LogP contribution in [0.1, 0.15) is 34.9 Å². The summed E-state index contributed by atoms with van der Waals surface area (Å²) in [5.74, 6) is -0.618. The number of piperidine rings is 1. The second-order valence-corrected chi connectivity index (χ2v) is 5.38. The van der Waals surface area contributed by atoms with Crippen molar-refractivity contribution in [2.75, 3.05) is 13.1 Å². The number of aromatic nitrogens is 3. The molecule has 1 fully saturated rings. The monoisotopic (exact) mass is 339 g/mol. The number of nitrogens with zero attached hydrogens (tertiary/aromatic N) is 3. The van der Waals surface area contributed by atoms with Gasteiger partial charge in [-0.3, -0.25) is 4.79 Å². The fourth-order valence-electron chi connectivity index (χ4n) is 2.55. The Labute approximate surface area is 139 Å². The van der Waals surface area contributed by atoms with Crippen LogP contribution in [-0.4, -0.2) is 34.0 Å². The topological polar surface area (TPSA) is 71.8 Å². The first-order chi connectivity index (χ1) is 10.7. The second kappa shape index (κ2) is 8.03. The summed E-state index contributed by atoms with van der Waals surface area (Å²) >= 11 is 0. The molecule has 2 N–H and O–H groups in total. The third kappa shape index (κ3) is 4.49. The highest BCUT2D eigenvalue weighted by Crippen LogP contribution is 2.17. The molecule has 124 valence electrons. The van der Waals surface area contributed by atoms with Crippen molar-refractivity contribution < 1.29 is 9.18 Å². The SMILES string of the molecule is Cl.O=C(NCc1cccc(F)c1)c1cn(C2CCNCC2)nn1. The molecule has 1 saturated heterocycles. The summed E-state index contributed by atoms with van der Waals surface area (Å²) in [5.41, 5.74) is 0.994. The molecule has 0 spiro atoms. The van der Waals surface area contributed by atoms with Crippen molar-refractivity contribution in [2.24, 2.45) is 0 Å². The van der Waals surface area contributed by atoms with E-state index < -0.39 is 0 Å². The van der Waals surface area contributed by atoms with E-state index in [1.165, 1.54) is 12.1 Å². The van der Waals surface area contributed by atoms with Crippen LogP contribution >= 0.6 is 12.4 Å². The van der Waals surface area contributed by atoms with Crippen LogP contribution in [0, 0.1) is 5.82 Å². The van der Waals surface area contributed by atoms with Gasteiger partial charge in [-0.05, 0) is 43.6 Å². The summed E-state index contributed by atoms with van der Waals surface area (Å²) in [6, 6.07) is 6.43. The molecule has 23 heavy (non-hydrogen) atoms. The Morgan fingerprint density at radius 1 is 1.39 bits per heavy atom. The molecular formula is C15H19ClFN5O. The molecule has 1 aromatic carbocycles. The zero-order valence-corrected chi connectivity index (χ0v) is 13.4. The first kappa shape index (κ1) is 17.4. The van der Waals surface area contributed by atoms with Gasteiger partial charge in [0.25, 0.3) is 5.91 Å². The number of halogens is 2. The zero-order valence-electron chi connectivity index (χ0n) is 12.5. The first-order valence-corrected chi connectivity index (χ1v) is 7.37. The van der Waals surface area contributed by atoms with Gasteiger partial charge in [0.05, 0.1) is 12.2 Å². The Kier molecular flexibility index (Phi) is 6.06. The molecule has 1 aliphatic rings. The van der Waals surface area contributed by atoms with Gasteiger partial charge in [-0.25, -0.2) is 9.07 Å². The molecule has 0 unspecified atom stereocenters. The molecule has 1 aromatic heterocycles. The van der Waals surface area contributed by atoms with Gasteiger partial charge in [-0.2, -0.15) is 0 Å². The maximum Gasteiger partial charge on any atom is 0.273 e. The molecule has 0 saturated carbocycles. The molecule has 1 amide bonds. The molecule has 2 aromatic rings. The van der Waals surface area contributed by atoms with Crippen LogP contribution in [0.3, 0.4) is 0 Å². The average molecular weight is 340 g/mol.